The summed E-state index contributed by atoms with van der Waals surface area (Å²) in [5, 5.41) is 16.9. The molecule has 188 valence electrons. The van der Waals surface area contributed by atoms with Gasteiger partial charge in [0.1, 0.15) is 17.8 Å². The molecule has 2 atom stereocenters. The van der Waals surface area contributed by atoms with Crippen molar-refractivity contribution >= 4 is 27.9 Å². The molecule has 1 aliphatic rings. The van der Waals surface area contributed by atoms with Crippen LogP contribution < -0.4 is 20.7 Å². The van der Waals surface area contributed by atoms with Gasteiger partial charge in [-0.2, -0.15) is 4.31 Å². The van der Waals surface area contributed by atoms with E-state index in [1.54, 1.807) is 49.6 Å². The Morgan fingerprint density at radius 2 is 1.77 bits per heavy atom. The normalized spacial score (nSPS) is 16.8. The minimum Gasteiger partial charge on any atom is -0.497 e. The molecule has 0 saturated carbocycles. The number of amides is 3. The SMILES string of the molecule is COc1ccc(CNC(=O)NC[C@H](NC(=O)[C@@H]2CCCN2S(=O)(=O)c2ccccc2)C(=O)O)cc1. The predicted molar refractivity (Wildman–Crippen MR) is 126 cm³/mol. The molecule has 1 heterocycles. The fourth-order valence-corrected chi connectivity index (χ4v) is 5.35. The summed E-state index contributed by atoms with van der Waals surface area (Å²) in [6, 6.07) is 11.7. The summed E-state index contributed by atoms with van der Waals surface area (Å²) in [6.45, 7) is -0.0267. The average molecular weight is 505 g/mol. The van der Waals surface area contributed by atoms with Crippen molar-refractivity contribution in [3.05, 3.63) is 60.2 Å². The summed E-state index contributed by atoms with van der Waals surface area (Å²) in [6.07, 6.45) is 0.730. The number of hydrogen-bond acceptors (Lipinski definition) is 6. The highest BCUT2D eigenvalue weighted by Crippen LogP contribution is 2.26. The number of ether oxygens (including phenoxy) is 1. The number of carboxylic acids is 1. The van der Waals surface area contributed by atoms with Crippen LogP contribution in [0, 0.1) is 0 Å². The van der Waals surface area contributed by atoms with Gasteiger partial charge < -0.3 is 25.8 Å². The quantitative estimate of drug-likeness (QED) is 0.375. The summed E-state index contributed by atoms with van der Waals surface area (Å²) in [5.74, 6) is -1.41. The van der Waals surface area contributed by atoms with Crippen molar-refractivity contribution in [1.29, 1.82) is 0 Å². The molecule has 1 fully saturated rings. The first-order valence-electron chi connectivity index (χ1n) is 11.0. The number of urea groups is 1. The molecule has 0 spiro atoms. The number of benzene rings is 2. The van der Waals surface area contributed by atoms with E-state index in [-0.39, 0.29) is 31.0 Å². The minimum absolute atomic E-state index is 0.0599. The van der Waals surface area contributed by atoms with Crippen LogP contribution in [0.3, 0.4) is 0 Å². The van der Waals surface area contributed by atoms with Crippen LogP contribution in [0.15, 0.2) is 59.5 Å². The van der Waals surface area contributed by atoms with Gasteiger partial charge >= 0.3 is 12.0 Å². The lowest BCUT2D eigenvalue weighted by atomic mass is 10.2. The molecule has 4 N–H and O–H groups in total. The van der Waals surface area contributed by atoms with Gasteiger partial charge in [0, 0.05) is 13.1 Å². The number of carbonyl (C=O) groups excluding carboxylic acids is 2. The molecule has 0 aromatic heterocycles. The third-order valence-corrected chi connectivity index (χ3v) is 7.47. The topological polar surface area (TPSA) is 154 Å². The van der Waals surface area contributed by atoms with Crippen LogP contribution in [0.4, 0.5) is 4.79 Å². The van der Waals surface area contributed by atoms with Gasteiger partial charge in [0.05, 0.1) is 18.6 Å². The second kappa shape index (κ2) is 11.7. The van der Waals surface area contributed by atoms with Gasteiger partial charge in [-0.05, 0) is 42.7 Å². The Labute approximate surface area is 203 Å². The first-order chi connectivity index (χ1) is 16.7. The Balaban J connectivity index is 1.55. The number of hydrogen-bond donors (Lipinski definition) is 4. The van der Waals surface area contributed by atoms with Crippen molar-refractivity contribution in [3.63, 3.8) is 0 Å². The van der Waals surface area contributed by atoms with Crippen molar-refractivity contribution in [1.82, 2.24) is 20.3 Å². The maximum absolute atomic E-state index is 13.0. The van der Waals surface area contributed by atoms with Crippen LogP contribution in [-0.2, 0) is 26.2 Å². The van der Waals surface area contributed by atoms with Crippen molar-refractivity contribution in [2.24, 2.45) is 0 Å². The van der Waals surface area contributed by atoms with Crippen LogP contribution in [0.5, 0.6) is 5.75 Å². The van der Waals surface area contributed by atoms with Crippen molar-refractivity contribution in [2.45, 2.75) is 36.4 Å². The number of nitrogens with zero attached hydrogens (tertiary/aromatic N) is 1. The Hall–Kier alpha value is -3.64. The van der Waals surface area contributed by atoms with Gasteiger partial charge in [-0.3, -0.25) is 4.79 Å². The van der Waals surface area contributed by atoms with Crippen LogP contribution in [0.2, 0.25) is 0 Å². The minimum atomic E-state index is -3.92. The van der Waals surface area contributed by atoms with E-state index in [1.807, 2.05) is 0 Å². The molecule has 35 heavy (non-hydrogen) atoms. The summed E-state index contributed by atoms with van der Waals surface area (Å²) in [4.78, 5) is 36.7. The van der Waals surface area contributed by atoms with Crippen molar-refractivity contribution in [2.75, 3.05) is 20.2 Å². The van der Waals surface area contributed by atoms with E-state index in [0.717, 1.165) is 9.87 Å². The monoisotopic (exact) mass is 504 g/mol. The lowest BCUT2D eigenvalue weighted by molar-refractivity contribution is -0.142. The molecule has 1 saturated heterocycles. The van der Waals surface area contributed by atoms with E-state index >= 15 is 0 Å². The molecule has 11 nitrogen and oxygen atoms in total. The zero-order chi connectivity index (χ0) is 25.4. The molecule has 0 aliphatic carbocycles. The van der Waals surface area contributed by atoms with E-state index in [4.69, 9.17) is 4.74 Å². The Morgan fingerprint density at radius 3 is 2.40 bits per heavy atom. The summed E-state index contributed by atoms with van der Waals surface area (Å²) in [7, 11) is -2.37. The Bertz CT molecular complexity index is 1140. The highest BCUT2D eigenvalue weighted by Gasteiger charge is 2.40. The number of methoxy groups -OCH3 is 1. The van der Waals surface area contributed by atoms with Crippen LogP contribution in [-0.4, -0.2) is 68.0 Å². The summed E-state index contributed by atoms with van der Waals surface area (Å²) >= 11 is 0. The molecule has 0 bridgehead atoms. The van der Waals surface area contributed by atoms with Crippen molar-refractivity contribution < 1.29 is 32.6 Å². The molecule has 3 rings (SSSR count). The predicted octanol–water partition coefficient (Wildman–Crippen LogP) is 0.917. The number of carboxylic acid groups (broad SMARTS) is 1. The largest absolute Gasteiger partial charge is 0.497 e. The number of sulfonamides is 1. The van der Waals surface area contributed by atoms with Gasteiger partial charge in [-0.25, -0.2) is 18.0 Å². The number of nitrogens with one attached hydrogen (secondary N) is 3. The molecule has 0 unspecified atom stereocenters. The number of carbonyl (C=O) groups is 3. The fourth-order valence-electron chi connectivity index (χ4n) is 3.67. The van der Waals surface area contributed by atoms with E-state index in [2.05, 4.69) is 16.0 Å². The second-order valence-corrected chi connectivity index (χ2v) is 9.79. The molecule has 2 aromatic carbocycles. The molecule has 1 aliphatic heterocycles. The molecule has 0 radical (unpaired) electrons. The smallest absolute Gasteiger partial charge is 0.328 e. The lowest BCUT2D eigenvalue weighted by Crippen LogP contribution is -2.54. The molecular formula is C23H28N4O7S. The summed E-state index contributed by atoms with van der Waals surface area (Å²) < 4.78 is 32.1. The Morgan fingerprint density at radius 1 is 1.09 bits per heavy atom. The zero-order valence-corrected chi connectivity index (χ0v) is 20.0. The molecular weight excluding hydrogens is 476 g/mol. The third-order valence-electron chi connectivity index (χ3n) is 5.55. The molecule has 3 amide bonds. The van der Waals surface area contributed by atoms with Crippen molar-refractivity contribution in [3.8, 4) is 5.75 Å². The molecule has 12 heteroatoms. The van der Waals surface area contributed by atoms with Crippen LogP contribution >= 0.6 is 0 Å². The van der Waals surface area contributed by atoms with Gasteiger partial charge in [-0.1, -0.05) is 30.3 Å². The summed E-state index contributed by atoms with van der Waals surface area (Å²) in [5.41, 5.74) is 0.810. The number of aliphatic carboxylic acids is 1. The van der Waals surface area contributed by atoms with Crippen LogP contribution in [0.1, 0.15) is 18.4 Å². The second-order valence-electron chi connectivity index (χ2n) is 7.90. The molecule has 2 aromatic rings. The third kappa shape index (κ3) is 6.70. The van der Waals surface area contributed by atoms with Gasteiger partial charge in [-0.15, -0.1) is 0 Å². The maximum Gasteiger partial charge on any atom is 0.328 e. The van der Waals surface area contributed by atoms with Gasteiger partial charge in [0.25, 0.3) is 0 Å². The van der Waals surface area contributed by atoms with Gasteiger partial charge in [0.15, 0.2) is 0 Å². The zero-order valence-electron chi connectivity index (χ0n) is 19.1. The highest BCUT2D eigenvalue weighted by molar-refractivity contribution is 7.89. The standard InChI is InChI=1S/C23H28N4O7S/c1-34-17-11-9-16(10-12-17)14-24-23(31)25-15-19(22(29)30)26-21(28)20-8-5-13-27(20)35(32,33)18-6-3-2-4-7-18/h2-4,6-7,9-12,19-20H,5,8,13-15H2,1H3,(H,26,28)(H,29,30)(H2,24,25,31)/t19-,20-/m0/s1. The van der Waals surface area contributed by atoms with E-state index in [1.165, 1.54) is 12.1 Å². The lowest BCUT2D eigenvalue weighted by Gasteiger charge is -2.25. The Kier molecular flexibility index (Phi) is 8.66. The highest BCUT2D eigenvalue weighted by atomic mass is 32.2. The average Bonchev–Trinajstić information content (AvgIpc) is 3.37. The first-order valence-corrected chi connectivity index (χ1v) is 12.4. The number of rotatable bonds is 10. The maximum atomic E-state index is 13.0. The van der Waals surface area contributed by atoms with Gasteiger partial charge in [0.2, 0.25) is 15.9 Å². The fraction of sp³-hybridized carbons (Fsp3) is 0.348. The van der Waals surface area contributed by atoms with E-state index in [0.29, 0.717) is 12.2 Å². The van der Waals surface area contributed by atoms with E-state index < -0.39 is 40.0 Å². The van der Waals surface area contributed by atoms with Crippen LogP contribution in [0.25, 0.3) is 0 Å². The first kappa shape index (κ1) is 26.0. The van der Waals surface area contributed by atoms with E-state index in [9.17, 15) is 27.9 Å².